The van der Waals surface area contributed by atoms with Gasteiger partial charge in [0.1, 0.15) is 0 Å². The van der Waals surface area contributed by atoms with Crippen LogP contribution in [0.25, 0.3) is 10.9 Å². The number of aromatic nitrogens is 1. The summed E-state index contributed by atoms with van der Waals surface area (Å²) in [6.45, 7) is 2.07. The van der Waals surface area contributed by atoms with Crippen molar-refractivity contribution in [2.75, 3.05) is 0 Å². The number of rotatable bonds is 0. The van der Waals surface area contributed by atoms with Gasteiger partial charge in [-0.3, -0.25) is 4.98 Å². The summed E-state index contributed by atoms with van der Waals surface area (Å²) in [7, 11) is 0. The minimum absolute atomic E-state index is 1.000. The Kier molecular flexibility index (Phi) is 2.39. The van der Waals surface area contributed by atoms with Crippen LogP contribution in [-0.4, -0.2) is 4.98 Å². The van der Waals surface area contributed by atoms with Gasteiger partial charge in [0.2, 0.25) is 0 Å². The van der Waals surface area contributed by atoms with Gasteiger partial charge in [0, 0.05) is 20.5 Å². The highest BCUT2D eigenvalue weighted by Gasteiger charge is 2.03. The summed E-state index contributed by atoms with van der Waals surface area (Å²) < 4.78 is 2.13. The number of nitrogens with zero attached hydrogens (tertiary/aromatic N) is 1. The monoisotopic (exact) mass is 299 g/mol. The Morgan fingerprint density at radius 2 is 1.92 bits per heavy atom. The van der Waals surface area contributed by atoms with E-state index < -0.39 is 0 Å². The summed E-state index contributed by atoms with van der Waals surface area (Å²) in [6, 6.07) is 6.15. The summed E-state index contributed by atoms with van der Waals surface area (Å²) in [4.78, 5) is 4.31. The predicted octanol–water partition coefficient (Wildman–Crippen LogP) is 4.07. The van der Waals surface area contributed by atoms with Gasteiger partial charge in [0.05, 0.1) is 5.52 Å². The number of fused-ring (bicyclic) bond motifs is 1. The minimum atomic E-state index is 1.000. The van der Waals surface area contributed by atoms with Gasteiger partial charge in [-0.1, -0.05) is 15.9 Å². The lowest BCUT2D eigenvalue weighted by Gasteiger charge is -2.03. The zero-order valence-electron chi connectivity index (χ0n) is 7.01. The van der Waals surface area contributed by atoms with Gasteiger partial charge in [-0.2, -0.15) is 0 Å². The number of hydrogen-bond acceptors (Lipinski definition) is 1. The molecule has 0 bridgehead atoms. The number of benzene rings is 1. The van der Waals surface area contributed by atoms with Gasteiger partial charge in [-0.05, 0) is 46.6 Å². The third-order valence-corrected chi connectivity index (χ3v) is 3.19. The quantitative estimate of drug-likeness (QED) is 0.715. The Hall–Kier alpha value is -0.410. The van der Waals surface area contributed by atoms with E-state index in [1.165, 1.54) is 5.56 Å². The molecule has 0 aliphatic rings. The Balaban J connectivity index is 2.94. The zero-order valence-corrected chi connectivity index (χ0v) is 10.2. The molecule has 0 radical (unpaired) electrons. The fourth-order valence-electron chi connectivity index (χ4n) is 1.31. The molecule has 0 aliphatic heterocycles. The molecule has 1 heterocycles. The summed E-state index contributed by atoms with van der Waals surface area (Å²) >= 11 is 7.00. The van der Waals surface area contributed by atoms with E-state index >= 15 is 0 Å². The van der Waals surface area contributed by atoms with Crippen molar-refractivity contribution in [2.24, 2.45) is 0 Å². The van der Waals surface area contributed by atoms with E-state index in [1.807, 2.05) is 6.07 Å². The van der Waals surface area contributed by atoms with Crippen molar-refractivity contribution in [3.63, 3.8) is 0 Å². The molecule has 0 amide bonds. The molecular formula is C10H7Br2N. The standard InChI is InChI=1S/C10H7Br2N/c1-6-4-7-8(11)2-3-13-10(7)9(12)5-6/h2-5H,1H3. The highest BCUT2D eigenvalue weighted by Crippen LogP contribution is 2.28. The van der Waals surface area contributed by atoms with Crippen LogP contribution < -0.4 is 0 Å². The Morgan fingerprint density at radius 3 is 2.69 bits per heavy atom. The van der Waals surface area contributed by atoms with Gasteiger partial charge in [0.25, 0.3) is 0 Å². The molecular weight excluding hydrogens is 294 g/mol. The molecule has 0 saturated heterocycles. The molecule has 0 saturated carbocycles. The van der Waals surface area contributed by atoms with E-state index in [0.29, 0.717) is 0 Å². The highest BCUT2D eigenvalue weighted by molar-refractivity contribution is 9.11. The predicted molar refractivity (Wildman–Crippen MR) is 61.9 cm³/mol. The maximum atomic E-state index is 4.31. The largest absolute Gasteiger partial charge is 0.255 e. The fraction of sp³-hybridized carbons (Fsp3) is 0.100. The van der Waals surface area contributed by atoms with Crippen LogP contribution >= 0.6 is 31.9 Å². The molecule has 13 heavy (non-hydrogen) atoms. The van der Waals surface area contributed by atoms with Crippen LogP contribution in [0.1, 0.15) is 5.56 Å². The first-order valence-corrected chi connectivity index (χ1v) is 5.47. The van der Waals surface area contributed by atoms with Gasteiger partial charge in [-0.15, -0.1) is 0 Å². The van der Waals surface area contributed by atoms with Crippen molar-refractivity contribution in [3.8, 4) is 0 Å². The fourth-order valence-corrected chi connectivity index (χ4v) is 2.41. The van der Waals surface area contributed by atoms with Crippen molar-refractivity contribution < 1.29 is 0 Å². The lowest BCUT2D eigenvalue weighted by molar-refractivity contribution is 1.37. The maximum absolute atomic E-state index is 4.31. The van der Waals surface area contributed by atoms with Crippen molar-refractivity contribution in [2.45, 2.75) is 6.92 Å². The molecule has 66 valence electrons. The summed E-state index contributed by atoms with van der Waals surface area (Å²) in [5, 5.41) is 1.15. The number of aryl methyl sites for hydroxylation is 1. The van der Waals surface area contributed by atoms with Crippen molar-refractivity contribution >= 4 is 42.8 Å². The smallest absolute Gasteiger partial charge is 0.0855 e. The van der Waals surface area contributed by atoms with E-state index in [1.54, 1.807) is 6.20 Å². The topological polar surface area (TPSA) is 12.9 Å². The number of hydrogen-bond donors (Lipinski definition) is 0. The summed E-state index contributed by atoms with van der Waals surface area (Å²) in [6.07, 6.45) is 1.80. The minimum Gasteiger partial charge on any atom is -0.255 e. The molecule has 0 fully saturated rings. The molecule has 2 rings (SSSR count). The normalized spacial score (nSPS) is 10.7. The second-order valence-corrected chi connectivity index (χ2v) is 4.64. The Bertz CT molecular complexity index is 466. The first-order chi connectivity index (χ1) is 6.18. The van der Waals surface area contributed by atoms with Crippen LogP contribution in [-0.2, 0) is 0 Å². The van der Waals surface area contributed by atoms with Gasteiger partial charge in [-0.25, -0.2) is 0 Å². The summed E-state index contributed by atoms with van der Waals surface area (Å²) in [5.74, 6) is 0. The van der Waals surface area contributed by atoms with E-state index in [0.717, 1.165) is 19.8 Å². The van der Waals surface area contributed by atoms with E-state index in [4.69, 9.17) is 0 Å². The number of pyridine rings is 1. The Morgan fingerprint density at radius 1 is 1.15 bits per heavy atom. The maximum Gasteiger partial charge on any atom is 0.0855 e. The zero-order chi connectivity index (χ0) is 9.42. The highest BCUT2D eigenvalue weighted by atomic mass is 79.9. The van der Waals surface area contributed by atoms with Crippen LogP contribution in [0.3, 0.4) is 0 Å². The van der Waals surface area contributed by atoms with Crippen molar-refractivity contribution in [1.82, 2.24) is 4.98 Å². The molecule has 1 nitrogen and oxygen atoms in total. The van der Waals surface area contributed by atoms with Gasteiger partial charge < -0.3 is 0 Å². The molecule has 0 N–H and O–H groups in total. The van der Waals surface area contributed by atoms with Crippen LogP contribution in [0.4, 0.5) is 0 Å². The first kappa shape index (κ1) is 9.16. The molecule has 0 atom stereocenters. The van der Waals surface area contributed by atoms with Crippen LogP contribution in [0.2, 0.25) is 0 Å². The van der Waals surface area contributed by atoms with E-state index in [2.05, 4.69) is 55.9 Å². The second-order valence-electron chi connectivity index (χ2n) is 2.94. The Labute approximate surface area is 93.4 Å². The van der Waals surface area contributed by atoms with Gasteiger partial charge in [0.15, 0.2) is 0 Å². The average molecular weight is 301 g/mol. The van der Waals surface area contributed by atoms with E-state index in [-0.39, 0.29) is 0 Å². The lowest BCUT2D eigenvalue weighted by Crippen LogP contribution is -1.83. The lowest BCUT2D eigenvalue weighted by atomic mass is 10.1. The van der Waals surface area contributed by atoms with Crippen molar-refractivity contribution in [3.05, 3.63) is 38.9 Å². The molecule has 1 aromatic carbocycles. The second kappa shape index (κ2) is 3.39. The SMILES string of the molecule is Cc1cc(Br)c2nccc(Br)c2c1. The van der Waals surface area contributed by atoms with Crippen LogP contribution in [0.5, 0.6) is 0 Å². The third-order valence-electron chi connectivity index (χ3n) is 1.89. The van der Waals surface area contributed by atoms with Crippen LogP contribution in [0.15, 0.2) is 33.3 Å². The molecule has 2 aromatic rings. The first-order valence-electron chi connectivity index (χ1n) is 3.89. The average Bonchev–Trinajstić information content (AvgIpc) is 2.07. The van der Waals surface area contributed by atoms with Gasteiger partial charge >= 0.3 is 0 Å². The van der Waals surface area contributed by atoms with Crippen LogP contribution in [0, 0.1) is 6.92 Å². The molecule has 0 aliphatic carbocycles. The summed E-state index contributed by atoms with van der Waals surface area (Å²) in [5.41, 5.74) is 2.23. The molecule has 1 aromatic heterocycles. The molecule has 3 heteroatoms. The molecule has 0 spiro atoms. The third kappa shape index (κ3) is 1.63. The molecule has 0 unspecified atom stereocenters. The number of halogens is 2. The van der Waals surface area contributed by atoms with E-state index in [9.17, 15) is 0 Å². The van der Waals surface area contributed by atoms with Crippen molar-refractivity contribution in [1.29, 1.82) is 0 Å².